The molecule has 1 aliphatic heterocycles. The molecule has 1 fully saturated rings. The highest BCUT2D eigenvalue weighted by Crippen LogP contribution is 2.40. The van der Waals surface area contributed by atoms with E-state index in [-0.39, 0.29) is 41.8 Å². The second-order valence-electron chi connectivity index (χ2n) is 7.07. The van der Waals surface area contributed by atoms with E-state index < -0.39 is 0 Å². The van der Waals surface area contributed by atoms with Crippen molar-refractivity contribution in [3.8, 4) is 5.75 Å². The van der Waals surface area contributed by atoms with Gasteiger partial charge in [0.1, 0.15) is 12.3 Å². The first-order valence-electron chi connectivity index (χ1n) is 9.56. The van der Waals surface area contributed by atoms with E-state index in [0.29, 0.717) is 37.3 Å². The Balaban J connectivity index is 0.00000420. The molecule has 0 spiro atoms. The van der Waals surface area contributed by atoms with E-state index in [1.165, 1.54) is 4.90 Å². The van der Waals surface area contributed by atoms with Gasteiger partial charge in [0.2, 0.25) is 5.91 Å². The minimum Gasteiger partial charge on any atom is -0.496 e. The van der Waals surface area contributed by atoms with Crippen LogP contribution in [0, 0.1) is 0 Å². The van der Waals surface area contributed by atoms with Gasteiger partial charge in [-0.05, 0) is 38.0 Å². The number of guanidine groups is 1. The third kappa shape index (κ3) is 7.18. The number of hydrogen-bond donors (Lipinski definition) is 2. The summed E-state index contributed by atoms with van der Waals surface area (Å²) >= 11 is 6.30. The fraction of sp³-hybridized carbons (Fsp3) is 0.600. The maximum Gasteiger partial charge on any atom is 0.243 e. The fourth-order valence-corrected chi connectivity index (χ4v) is 3.45. The van der Waals surface area contributed by atoms with Gasteiger partial charge in [0.05, 0.1) is 7.11 Å². The van der Waals surface area contributed by atoms with Crippen molar-refractivity contribution >= 4 is 47.4 Å². The van der Waals surface area contributed by atoms with Crippen molar-refractivity contribution in [3.05, 3.63) is 28.8 Å². The molecule has 1 saturated heterocycles. The molecule has 0 bridgehead atoms. The van der Waals surface area contributed by atoms with Gasteiger partial charge in [0.15, 0.2) is 5.96 Å². The van der Waals surface area contributed by atoms with Crippen LogP contribution in [0.25, 0.3) is 0 Å². The molecule has 0 unspecified atom stereocenters. The van der Waals surface area contributed by atoms with Crippen molar-refractivity contribution < 1.29 is 14.3 Å². The van der Waals surface area contributed by atoms with Crippen molar-refractivity contribution in [1.82, 2.24) is 15.5 Å². The van der Waals surface area contributed by atoms with Gasteiger partial charge in [0.25, 0.3) is 0 Å². The molecule has 1 heterocycles. The van der Waals surface area contributed by atoms with Crippen LogP contribution in [0.5, 0.6) is 5.75 Å². The molecule has 2 rings (SSSR count). The maximum atomic E-state index is 11.9. The lowest BCUT2D eigenvalue weighted by Crippen LogP contribution is -2.48. The molecule has 0 saturated carbocycles. The van der Waals surface area contributed by atoms with Crippen molar-refractivity contribution in [2.75, 3.05) is 54.1 Å². The Morgan fingerprint density at radius 2 is 2.00 bits per heavy atom. The van der Waals surface area contributed by atoms with Crippen LogP contribution in [0.4, 0.5) is 0 Å². The minimum atomic E-state index is -0.198. The van der Waals surface area contributed by atoms with E-state index >= 15 is 0 Å². The number of carbonyl (C=O) groups is 1. The van der Waals surface area contributed by atoms with E-state index in [2.05, 4.69) is 15.6 Å². The van der Waals surface area contributed by atoms with Crippen molar-refractivity contribution in [2.24, 2.45) is 4.99 Å². The summed E-state index contributed by atoms with van der Waals surface area (Å²) in [6, 6.07) is 5.72. The molecule has 2 N–H and O–H groups in total. The Labute approximate surface area is 195 Å². The first-order valence-corrected chi connectivity index (χ1v) is 9.94. The van der Waals surface area contributed by atoms with E-state index in [9.17, 15) is 4.79 Å². The molecular weight excluding hydrogens is 507 g/mol. The van der Waals surface area contributed by atoms with E-state index in [1.54, 1.807) is 21.2 Å². The standard InChI is InChI=1S/C20H31ClN4O3.HI/c1-5-22-19(23-13-18(26)25(2)3)24-14-20(8-10-28-11-9-20)16-12-15(21)6-7-17(16)27-4;/h6-7,12H,5,8-11,13-14H2,1-4H3,(H2,22,23,24);1H. The van der Waals surface area contributed by atoms with Crippen molar-refractivity contribution in [3.63, 3.8) is 0 Å². The molecule has 29 heavy (non-hydrogen) atoms. The second kappa shape index (κ2) is 12.4. The summed E-state index contributed by atoms with van der Waals surface area (Å²) in [6.45, 7) is 4.77. The van der Waals surface area contributed by atoms with Crippen LogP contribution >= 0.6 is 35.6 Å². The molecule has 0 radical (unpaired) electrons. The number of nitrogens with zero attached hydrogens (tertiary/aromatic N) is 2. The minimum absolute atomic E-state index is 0. The smallest absolute Gasteiger partial charge is 0.243 e. The molecule has 0 aromatic heterocycles. The molecule has 9 heteroatoms. The number of rotatable bonds is 7. The largest absolute Gasteiger partial charge is 0.496 e. The lowest BCUT2D eigenvalue weighted by molar-refractivity contribution is -0.127. The predicted molar refractivity (Wildman–Crippen MR) is 128 cm³/mol. The van der Waals surface area contributed by atoms with Crippen LogP contribution in [-0.4, -0.2) is 70.8 Å². The van der Waals surface area contributed by atoms with E-state index in [4.69, 9.17) is 21.1 Å². The highest BCUT2D eigenvalue weighted by atomic mass is 127. The Morgan fingerprint density at radius 3 is 2.59 bits per heavy atom. The van der Waals surface area contributed by atoms with Crippen LogP contribution in [0.2, 0.25) is 5.02 Å². The highest BCUT2D eigenvalue weighted by molar-refractivity contribution is 14.0. The molecule has 0 atom stereocenters. The number of hydrogen-bond acceptors (Lipinski definition) is 4. The molecule has 7 nitrogen and oxygen atoms in total. The number of methoxy groups -OCH3 is 1. The Morgan fingerprint density at radius 1 is 1.31 bits per heavy atom. The summed E-state index contributed by atoms with van der Waals surface area (Å²) in [4.78, 5) is 17.8. The summed E-state index contributed by atoms with van der Waals surface area (Å²) in [6.07, 6.45) is 1.68. The number of benzene rings is 1. The summed E-state index contributed by atoms with van der Waals surface area (Å²) in [5, 5.41) is 7.29. The topological polar surface area (TPSA) is 75.2 Å². The summed E-state index contributed by atoms with van der Waals surface area (Å²) in [5.74, 6) is 1.39. The van der Waals surface area contributed by atoms with Gasteiger partial charge in [-0.25, -0.2) is 4.99 Å². The average molecular weight is 539 g/mol. The molecular formula is C20H32ClIN4O3. The number of aliphatic imine (C=N–C) groups is 1. The highest BCUT2D eigenvalue weighted by Gasteiger charge is 2.37. The van der Waals surface area contributed by atoms with Crippen LogP contribution in [-0.2, 0) is 14.9 Å². The normalized spacial score (nSPS) is 15.8. The predicted octanol–water partition coefficient (Wildman–Crippen LogP) is 2.66. The van der Waals surface area contributed by atoms with Gasteiger partial charge in [0, 0.05) is 56.4 Å². The zero-order valence-electron chi connectivity index (χ0n) is 17.6. The molecule has 164 valence electrons. The number of ether oxygens (including phenoxy) is 2. The van der Waals surface area contributed by atoms with Gasteiger partial charge in [-0.1, -0.05) is 11.6 Å². The lowest BCUT2D eigenvalue weighted by atomic mass is 9.73. The number of carbonyl (C=O) groups excluding carboxylic acids is 1. The van der Waals surface area contributed by atoms with E-state index in [1.807, 2.05) is 25.1 Å². The zero-order valence-corrected chi connectivity index (χ0v) is 20.7. The van der Waals surface area contributed by atoms with E-state index in [0.717, 1.165) is 24.2 Å². The molecule has 1 amide bonds. The van der Waals surface area contributed by atoms with Gasteiger partial charge >= 0.3 is 0 Å². The first kappa shape index (κ1) is 25.8. The number of likely N-dealkylation sites (N-methyl/N-ethyl adjacent to an activating group) is 1. The zero-order chi connectivity index (χ0) is 20.6. The molecule has 1 aliphatic rings. The van der Waals surface area contributed by atoms with Crippen molar-refractivity contribution in [1.29, 1.82) is 0 Å². The SMILES string of the molecule is CCNC(=NCC(=O)N(C)C)NCC1(c2cc(Cl)ccc2OC)CCOCC1.I. The average Bonchev–Trinajstić information content (AvgIpc) is 2.70. The quantitative estimate of drug-likeness (QED) is 0.317. The summed E-state index contributed by atoms with van der Waals surface area (Å²) in [5.41, 5.74) is 0.870. The maximum absolute atomic E-state index is 11.9. The van der Waals surface area contributed by atoms with Gasteiger partial charge in [-0.15, -0.1) is 24.0 Å². The van der Waals surface area contributed by atoms with Crippen LogP contribution in [0.15, 0.2) is 23.2 Å². The Bertz CT molecular complexity index is 694. The molecule has 1 aromatic rings. The monoisotopic (exact) mass is 538 g/mol. The Kier molecular flexibility index (Phi) is 11.1. The fourth-order valence-electron chi connectivity index (χ4n) is 3.28. The third-order valence-electron chi connectivity index (χ3n) is 4.99. The lowest BCUT2D eigenvalue weighted by Gasteiger charge is -2.39. The molecule has 1 aromatic carbocycles. The number of nitrogens with one attached hydrogen (secondary N) is 2. The first-order chi connectivity index (χ1) is 13.4. The second-order valence-corrected chi connectivity index (χ2v) is 7.51. The number of amides is 1. The van der Waals surface area contributed by atoms with Crippen molar-refractivity contribution in [2.45, 2.75) is 25.2 Å². The van der Waals surface area contributed by atoms with Crippen LogP contribution in [0.1, 0.15) is 25.3 Å². The Hall–Kier alpha value is -1.26. The third-order valence-corrected chi connectivity index (χ3v) is 5.23. The summed E-state index contributed by atoms with van der Waals surface area (Å²) < 4.78 is 11.2. The summed E-state index contributed by atoms with van der Waals surface area (Å²) in [7, 11) is 5.12. The van der Waals surface area contributed by atoms with Gasteiger partial charge < -0.3 is 25.0 Å². The number of halogens is 2. The van der Waals surface area contributed by atoms with Gasteiger partial charge in [-0.2, -0.15) is 0 Å². The van der Waals surface area contributed by atoms with Crippen LogP contribution in [0.3, 0.4) is 0 Å². The molecule has 0 aliphatic carbocycles. The van der Waals surface area contributed by atoms with Crippen LogP contribution < -0.4 is 15.4 Å². The van der Waals surface area contributed by atoms with Gasteiger partial charge in [-0.3, -0.25) is 4.79 Å².